The van der Waals surface area contributed by atoms with Crippen LogP contribution in [-0.4, -0.2) is 29.9 Å². The Morgan fingerprint density at radius 1 is 1.44 bits per heavy atom. The summed E-state index contributed by atoms with van der Waals surface area (Å²) in [6.07, 6.45) is 1.82. The lowest BCUT2D eigenvalue weighted by Crippen LogP contribution is -2.38. The number of halogens is 1. The van der Waals surface area contributed by atoms with Gasteiger partial charge in [0.1, 0.15) is 5.82 Å². The molecule has 0 spiro atoms. The van der Waals surface area contributed by atoms with Gasteiger partial charge in [-0.1, -0.05) is 25.1 Å². The SMILES string of the molecule is CCCNC1CCN(Cc2ccccc2F)C1=O. The van der Waals surface area contributed by atoms with Crippen LogP contribution < -0.4 is 5.32 Å². The third-order valence-corrected chi connectivity index (χ3v) is 3.26. The van der Waals surface area contributed by atoms with Crippen LogP contribution in [0.2, 0.25) is 0 Å². The van der Waals surface area contributed by atoms with Gasteiger partial charge in [0.15, 0.2) is 0 Å². The number of hydrogen-bond donors (Lipinski definition) is 1. The number of hydrogen-bond acceptors (Lipinski definition) is 2. The Morgan fingerprint density at radius 2 is 2.22 bits per heavy atom. The molecule has 98 valence electrons. The van der Waals surface area contributed by atoms with E-state index >= 15 is 0 Å². The highest BCUT2D eigenvalue weighted by molar-refractivity contribution is 5.83. The van der Waals surface area contributed by atoms with Crippen LogP contribution in [0.1, 0.15) is 25.3 Å². The van der Waals surface area contributed by atoms with Crippen LogP contribution in [0.15, 0.2) is 24.3 Å². The number of nitrogens with zero attached hydrogens (tertiary/aromatic N) is 1. The molecule has 1 N–H and O–H groups in total. The molecular formula is C14H19FN2O. The zero-order valence-electron chi connectivity index (χ0n) is 10.7. The number of benzene rings is 1. The first kappa shape index (κ1) is 13.0. The molecule has 1 heterocycles. The van der Waals surface area contributed by atoms with Crippen molar-refractivity contribution in [2.75, 3.05) is 13.1 Å². The molecule has 0 bridgehead atoms. The molecular weight excluding hydrogens is 231 g/mol. The average molecular weight is 250 g/mol. The van der Waals surface area contributed by atoms with E-state index in [1.54, 1.807) is 23.1 Å². The number of nitrogens with one attached hydrogen (secondary N) is 1. The molecule has 3 nitrogen and oxygen atoms in total. The van der Waals surface area contributed by atoms with Crippen molar-refractivity contribution >= 4 is 5.91 Å². The molecule has 4 heteroatoms. The summed E-state index contributed by atoms with van der Waals surface area (Å²) in [7, 11) is 0. The molecule has 1 aromatic carbocycles. The van der Waals surface area contributed by atoms with Crippen LogP contribution in [0.25, 0.3) is 0 Å². The lowest BCUT2D eigenvalue weighted by molar-refractivity contribution is -0.129. The minimum absolute atomic E-state index is 0.0864. The fraction of sp³-hybridized carbons (Fsp3) is 0.500. The summed E-state index contributed by atoms with van der Waals surface area (Å²) in [5.74, 6) is -0.151. The van der Waals surface area contributed by atoms with Gasteiger partial charge in [0, 0.05) is 18.7 Å². The molecule has 0 radical (unpaired) electrons. The van der Waals surface area contributed by atoms with E-state index in [1.165, 1.54) is 6.07 Å². The summed E-state index contributed by atoms with van der Waals surface area (Å²) in [5, 5.41) is 3.23. The third-order valence-electron chi connectivity index (χ3n) is 3.26. The predicted octanol–water partition coefficient (Wildman–Crippen LogP) is 1.93. The highest BCUT2D eigenvalue weighted by Gasteiger charge is 2.31. The summed E-state index contributed by atoms with van der Waals surface area (Å²) in [4.78, 5) is 13.8. The summed E-state index contributed by atoms with van der Waals surface area (Å²) in [5.41, 5.74) is 0.585. The van der Waals surface area contributed by atoms with Crippen molar-refractivity contribution in [1.82, 2.24) is 10.2 Å². The van der Waals surface area contributed by atoms with Gasteiger partial charge >= 0.3 is 0 Å². The molecule has 1 saturated heterocycles. The van der Waals surface area contributed by atoms with Crippen LogP contribution in [-0.2, 0) is 11.3 Å². The zero-order chi connectivity index (χ0) is 13.0. The van der Waals surface area contributed by atoms with E-state index in [2.05, 4.69) is 12.2 Å². The second-order valence-corrected chi connectivity index (χ2v) is 4.65. The second kappa shape index (κ2) is 5.96. The number of likely N-dealkylation sites (tertiary alicyclic amines) is 1. The summed E-state index contributed by atoms with van der Waals surface area (Å²) in [6.45, 7) is 4.00. The number of amides is 1. The van der Waals surface area contributed by atoms with Gasteiger partial charge in [0.05, 0.1) is 6.04 Å². The molecule has 1 unspecified atom stereocenters. The molecule has 1 atom stereocenters. The highest BCUT2D eigenvalue weighted by atomic mass is 19.1. The lowest BCUT2D eigenvalue weighted by Gasteiger charge is -2.17. The summed E-state index contributed by atoms with van der Waals surface area (Å²) >= 11 is 0. The Bertz CT molecular complexity index is 422. The Morgan fingerprint density at radius 3 is 2.94 bits per heavy atom. The van der Waals surface area contributed by atoms with Crippen molar-refractivity contribution in [2.45, 2.75) is 32.4 Å². The molecule has 1 amide bonds. The Hall–Kier alpha value is -1.42. The van der Waals surface area contributed by atoms with Crippen molar-refractivity contribution in [2.24, 2.45) is 0 Å². The summed E-state index contributed by atoms with van der Waals surface area (Å²) < 4.78 is 13.5. The summed E-state index contributed by atoms with van der Waals surface area (Å²) in [6, 6.07) is 6.54. The standard InChI is InChI=1S/C14H19FN2O/c1-2-8-16-13-7-9-17(14(13)18)10-11-5-3-4-6-12(11)15/h3-6,13,16H,2,7-10H2,1H3. The van der Waals surface area contributed by atoms with Gasteiger partial charge in [0.25, 0.3) is 0 Å². The Labute approximate surface area is 107 Å². The average Bonchev–Trinajstić information content (AvgIpc) is 2.71. The van der Waals surface area contributed by atoms with E-state index in [1.807, 2.05) is 0 Å². The minimum Gasteiger partial charge on any atom is -0.337 e. The van der Waals surface area contributed by atoms with Gasteiger partial charge in [-0.25, -0.2) is 4.39 Å². The van der Waals surface area contributed by atoms with E-state index in [9.17, 15) is 9.18 Å². The third kappa shape index (κ3) is 2.88. The molecule has 0 aromatic heterocycles. The minimum atomic E-state index is -0.240. The molecule has 18 heavy (non-hydrogen) atoms. The maximum atomic E-state index is 13.5. The van der Waals surface area contributed by atoms with E-state index in [0.29, 0.717) is 18.7 Å². The van der Waals surface area contributed by atoms with Gasteiger partial charge in [0.2, 0.25) is 5.91 Å². The fourth-order valence-corrected chi connectivity index (χ4v) is 2.24. The largest absolute Gasteiger partial charge is 0.337 e. The van der Waals surface area contributed by atoms with Crippen molar-refractivity contribution in [1.29, 1.82) is 0 Å². The maximum Gasteiger partial charge on any atom is 0.240 e. The normalized spacial score (nSPS) is 19.6. The highest BCUT2D eigenvalue weighted by Crippen LogP contribution is 2.16. The zero-order valence-corrected chi connectivity index (χ0v) is 10.7. The van der Waals surface area contributed by atoms with Crippen LogP contribution in [0.3, 0.4) is 0 Å². The van der Waals surface area contributed by atoms with Crippen molar-refractivity contribution in [3.05, 3.63) is 35.6 Å². The first-order valence-corrected chi connectivity index (χ1v) is 6.48. The maximum absolute atomic E-state index is 13.5. The van der Waals surface area contributed by atoms with Crippen LogP contribution in [0.4, 0.5) is 4.39 Å². The fourth-order valence-electron chi connectivity index (χ4n) is 2.24. The Balaban J connectivity index is 1.96. The molecule has 2 rings (SSSR count). The smallest absolute Gasteiger partial charge is 0.240 e. The molecule has 1 aliphatic rings. The molecule has 1 aromatic rings. The van der Waals surface area contributed by atoms with Crippen LogP contribution in [0, 0.1) is 5.82 Å². The first-order valence-electron chi connectivity index (χ1n) is 6.48. The van der Waals surface area contributed by atoms with Gasteiger partial charge in [-0.15, -0.1) is 0 Å². The van der Waals surface area contributed by atoms with Crippen LogP contribution >= 0.6 is 0 Å². The lowest BCUT2D eigenvalue weighted by atomic mass is 10.2. The molecule has 1 fully saturated rings. The number of carbonyl (C=O) groups is 1. The quantitative estimate of drug-likeness (QED) is 0.866. The van der Waals surface area contributed by atoms with E-state index in [0.717, 1.165) is 19.4 Å². The van der Waals surface area contributed by atoms with Gasteiger partial charge in [-0.2, -0.15) is 0 Å². The first-order chi connectivity index (χ1) is 8.72. The number of carbonyl (C=O) groups excluding carboxylic acids is 1. The van der Waals surface area contributed by atoms with E-state index in [-0.39, 0.29) is 17.8 Å². The second-order valence-electron chi connectivity index (χ2n) is 4.65. The van der Waals surface area contributed by atoms with E-state index in [4.69, 9.17) is 0 Å². The molecule has 0 aliphatic carbocycles. The van der Waals surface area contributed by atoms with Gasteiger partial charge in [-0.05, 0) is 25.5 Å². The number of rotatable bonds is 5. The molecule has 1 aliphatic heterocycles. The monoisotopic (exact) mass is 250 g/mol. The van der Waals surface area contributed by atoms with Crippen molar-refractivity contribution in [3.63, 3.8) is 0 Å². The molecule has 0 saturated carbocycles. The van der Waals surface area contributed by atoms with Crippen molar-refractivity contribution < 1.29 is 9.18 Å². The van der Waals surface area contributed by atoms with Crippen LogP contribution in [0.5, 0.6) is 0 Å². The Kier molecular flexibility index (Phi) is 4.31. The topological polar surface area (TPSA) is 32.3 Å². The van der Waals surface area contributed by atoms with Gasteiger partial charge in [-0.3, -0.25) is 4.79 Å². The van der Waals surface area contributed by atoms with Crippen molar-refractivity contribution in [3.8, 4) is 0 Å². The van der Waals surface area contributed by atoms with Gasteiger partial charge < -0.3 is 10.2 Å². The predicted molar refractivity (Wildman–Crippen MR) is 68.5 cm³/mol. The van der Waals surface area contributed by atoms with E-state index < -0.39 is 0 Å².